The SMILES string of the molecule is C#CCCCCNC(=O)c1cc(N)cc(C(F)(F)F)c1. The van der Waals surface area contributed by atoms with Crippen molar-refractivity contribution in [3.05, 3.63) is 29.3 Å². The number of terminal acetylenes is 1. The van der Waals surface area contributed by atoms with E-state index in [1.165, 1.54) is 6.07 Å². The van der Waals surface area contributed by atoms with E-state index in [0.29, 0.717) is 19.4 Å². The molecule has 1 rings (SSSR count). The molecule has 0 heterocycles. The number of nitrogens with two attached hydrogens (primary N) is 1. The van der Waals surface area contributed by atoms with Crippen LogP contribution in [0, 0.1) is 12.3 Å². The fraction of sp³-hybridized carbons (Fsp3) is 0.357. The number of halogens is 3. The van der Waals surface area contributed by atoms with Crippen LogP contribution in [0.25, 0.3) is 0 Å². The largest absolute Gasteiger partial charge is 0.416 e. The van der Waals surface area contributed by atoms with Crippen LogP contribution in [0.5, 0.6) is 0 Å². The maximum Gasteiger partial charge on any atom is 0.416 e. The number of carbonyl (C=O) groups excluding carboxylic acids is 1. The Hall–Kier alpha value is -2.16. The summed E-state index contributed by atoms with van der Waals surface area (Å²) in [4.78, 5) is 11.7. The van der Waals surface area contributed by atoms with Gasteiger partial charge in [-0.1, -0.05) is 0 Å². The Morgan fingerprint density at radius 2 is 2.00 bits per heavy atom. The van der Waals surface area contributed by atoms with Crippen molar-refractivity contribution in [3.63, 3.8) is 0 Å². The van der Waals surface area contributed by atoms with Crippen LogP contribution in [0.2, 0.25) is 0 Å². The van der Waals surface area contributed by atoms with E-state index in [4.69, 9.17) is 12.2 Å². The van der Waals surface area contributed by atoms with Crippen LogP contribution >= 0.6 is 0 Å². The van der Waals surface area contributed by atoms with Crippen LogP contribution in [0.1, 0.15) is 35.2 Å². The number of alkyl halides is 3. The summed E-state index contributed by atoms with van der Waals surface area (Å²) in [5.41, 5.74) is 4.25. The molecule has 1 aromatic carbocycles. The molecular weight excluding hydrogens is 269 g/mol. The second-order valence-corrected chi connectivity index (χ2v) is 4.26. The van der Waals surface area contributed by atoms with Crippen molar-refractivity contribution in [2.45, 2.75) is 25.4 Å². The van der Waals surface area contributed by atoms with Crippen molar-refractivity contribution in [1.82, 2.24) is 5.32 Å². The van der Waals surface area contributed by atoms with Crippen molar-refractivity contribution in [1.29, 1.82) is 0 Å². The average molecular weight is 284 g/mol. The molecule has 3 N–H and O–H groups in total. The third-order valence-corrected chi connectivity index (χ3v) is 2.58. The van der Waals surface area contributed by atoms with Gasteiger partial charge in [0.1, 0.15) is 0 Å². The van der Waals surface area contributed by atoms with E-state index in [1.807, 2.05) is 0 Å². The smallest absolute Gasteiger partial charge is 0.399 e. The molecule has 0 spiro atoms. The third kappa shape index (κ3) is 4.84. The summed E-state index contributed by atoms with van der Waals surface area (Å²) in [6, 6.07) is 2.79. The number of hydrogen-bond donors (Lipinski definition) is 2. The highest BCUT2D eigenvalue weighted by molar-refractivity contribution is 5.95. The molecule has 108 valence electrons. The molecule has 3 nitrogen and oxygen atoms in total. The second-order valence-electron chi connectivity index (χ2n) is 4.26. The zero-order valence-corrected chi connectivity index (χ0v) is 10.8. The van der Waals surface area contributed by atoms with Crippen LogP contribution in [-0.2, 0) is 6.18 Å². The van der Waals surface area contributed by atoms with Gasteiger partial charge in [0.15, 0.2) is 0 Å². The summed E-state index contributed by atoms with van der Waals surface area (Å²) in [5, 5.41) is 2.53. The Balaban J connectivity index is 2.69. The monoisotopic (exact) mass is 284 g/mol. The maximum absolute atomic E-state index is 12.6. The standard InChI is InChI=1S/C14H15F3N2O/c1-2-3-4-5-6-19-13(20)10-7-11(14(15,16)17)9-12(18)8-10/h1,7-9H,3-6,18H2,(H,19,20). The maximum atomic E-state index is 12.6. The molecule has 20 heavy (non-hydrogen) atoms. The molecule has 0 aliphatic rings. The number of unbranched alkanes of at least 4 members (excludes halogenated alkanes) is 2. The lowest BCUT2D eigenvalue weighted by Gasteiger charge is -2.10. The Labute approximate surface area is 115 Å². The minimum atomic E-state index is -4.53. The average Bonchev–Trinajstić information content (AvgIpc) is 2.36. The predicted molar refractivity (Wildman–Crippen MR) is 70.9 cm³/mol. The number of benzene rings is 1. The van der Waals surface area contributed by atoms with Crippen molar-refractivity contribution in [3.8, 4) is 12.3 Å². The molecule has 1 aromatic rings. The van der Waals surface area contributed by atoms with Gasteiger partial charge >= 0.3 is 6.18 Å². The lowest BCUT2D eigenvalue weighted by Crippen LogP contribution is -2.25. The first-order valence-electron chi connectivity index (χ1n) is 6.04. The van der Waals surface area contributed by atoms with Crippen LogP contribution in [0.4, 0.5) is 18.9 Å². The van der Waals surface area contributed by atoms with Gasteiger partial charge in [-0.25, -0.2) is 0 Å². The van der Waals surface area contributed by atoms with E-state index in [2.05, 4.69) is 11.2 Å². The summed E-state index contributed by atoms with van der Waals surface area (Å²) in [6.07, 6.45) is 2.57. The summed E-state index contributed by atoms with van der Waals surface area (Å²) >= 11 is 0. The van der Waals surface area contributed by atoms with Gasteiger partial charge in [-0.3, -0.25) is 4.79 Å². The van der Waals surface area contributed by atoms with Gasteiger partial charge in [-0.15, -0.1) is 12.3 Å². The summed E-state index contributed by atoms with van der Waals surface area (Å²) in [5.74, 6) is 1.88. The highest BCUT2D eigenvalue weighted by Crippen LogP contribution is 2.31. The third-order valence-electron chi connectivity index (χ3n) is 2.58. The Kier molecular flexibility index (Phi) is 5.44. The molecule has 0 aliphatic heterocycles. The Morgan fingerprint density at radius 3 is 2.60 bits per heavy atom. The highest BCUT2D eigenvalue weighted by atomic mass is 19.4. The van der Waals surface area contributed by atoms with Gasteiger partial charge < -0.3 is 11.1 Å². The normalized spacial score (nSPS) is 10.9. The predicted octanol–water partition coefficient (Wildman–Crippen LogP) is 2.82. The number of nitrogen functional groups attached to an aromatic ring is 1. The van der Waals surface area contributed by atoms with Gasteiger partial charge in [-0.05, 0) is 31.0 Å². The first-order valence-corrected chi connectivity index (χ1v) is 6.04. The molecule has 0 bridgehead atoms. The number of nitrogens with one attached hydrogen (secondary N) is 1. The van der Waals surface area contributed by atoms with Crippen molar-refractivity contribution in [2.24, 2.45) is 0 Å². The summed E-state index contributed by atoms with van der Waals surface area (Å²) < 4.78 is 37.8. The number of amides is 1. The lowest BCUT2D eigenvalue weighted by molar-refractivity contribution is -0.137. The Morgan fingerprint density at radius 1 is 1.30 bits per heavy atom. The van der Waals surface area contributed by atoms with E-state index >= 15 is 0 Å². The molecule has 0 fully saturated rings. The zero-order valence-electron chi connectivity index (χ0n) is 10.8. The molecular formula is C14H15F3N2O. The number of carbonyl (C=O) groups is 1. The summed E-state index contributed by atoms with van der Waals surface area (Å²) in [6.45, 7) is 0.358. The highest BCUT2D eigenvalue weighted by Gasteiger charge is 2.31. The molecule has 1 amide bonds. The summed E-state index contributed by atoms with van der Waals surface area (Å²) in [7, 11) is 0. The first-order chi connectivity index (χ1) is 9.34. The lowest BCUT2D eigenvalue weighted by atomic mass is 10.1. The van der Waals surface area contributed by atoms with Crippen molar-refractivity contribution < 1.29 is 18.0 Å². The van der Waals surface area contributed by atoms with Crippen molar-refractivity contribution in [2.75, 3.05) is 12.3 Å². The van der Waals surface area contributed by atoms with Gasteiger partial charge in [-0.2, -0.15) is 13.2 Å². The van der Waals surface area contributed by atoms with E-state index < -0.39 is 17.6 Å². The van der Waals surface area contributed by atoms with E-state index in [-0.39, 0.29) is 11.3 Å². The number of anilines is 1. The molecule has 0 aromatic heterocycles. The zero-order chi connectivity index (χ0) is 15.2. The molecule has 0 radical (unpaired) electrons. The minimum absolute atomic E-state index is 0.0997. The van der Waals surface area contributed by atoms with Gasteiger partial charge in [0.25, 0.3) is 5.91 Å². The molecule has 6 heteroatoms. The number of hydrogen-bond acceptors (Lipinski definition) is 2. The van der Waals surface area contributed by atoms with Gasteiger partial charge in [0.05, 0.1) is 5.56 Å². The molecule has 0 saturated carbocycles. The van der Waals surface area contributed by atoms with Crippen LogP contribution in [0.15, 0.2) is 18.2 Å². The van der Waals surface area contributed by atoms with Crippen LogP contribution in [0.3, 0.4) is 0 Å². The van der Waals surface area contributed by atoms with Crippen LogP contribution < -0.4 is 11.1 Å². The molecule has 0 aliphatic carbocycles. The van der Waals surface area contributed by atoms with Crippen LogP contribution in [-0.4, -0.2) is 12.5 Å². The molecule has 0 saturated heterocycles. The van der Waals surface area contributed by atoms with Gasteiger partial charge in [0, 0.05) is 24.2 Å². The molecule has 0 unspecified atom stereocenters. The Bertz CT molecular complexity index is 518. The van der Waals surface area contributed by atoms with E-state index in [9.17, 15) is 18.0 Å². The van der Waals surface area contributed by atoms with E-state index in [1.54, 1.807) is 0 Å². The fourth-order valence-corrected chi connectivity index (χ4v) is 1.60. The second kappa shape index (κ2) is 6.85. The first kappa shape index (κ1) is 15.9. The number of rotatable bonds is 5. The fourth-order valence-electron chi connectivity index (χ4n) is 1.60. The quantitative estimate of drug-likeness (QED) is 0.496. The topological polar surface area (TPSA) is 55.1 Å². The minimum Gasteiger partial charge on any atom is -0.399 e. The molecule has 0 atom stereocenters. The van der Waals surface area contributed by atoms with Gasteiger partial charge in [0.2, 0.25) is 0 Å². The van der Waals surface area contributed by atoms with Crippen molar-refractivity contribution >= 4 is 11.6 Å². The van der Waals surface area contributed by atoms with E-state index in [0.717, 1.165) is 18.6 Å².